The van der Waals surface area contributed by atoms with Crippen LogP contribution in [0.4, 0.5) is 14.4 Å². The fourth-order valence-electron chi connectivity index (χ4n) is 5.95. The number of nitrogens with zero attached hydrogens (tertiary/aromatic N) is 2. The average Bonchev–Trinajstić information content (AvgIpc) is 3.35. The van der Waals surface area contributed by atoms with Gasteiger partial charge in [0.15, 0.2) is 5.76 Å². The molecule has 1 aliphatic heterocycles. The van der Waals surface area contributed by atoms with Crippen molar-refractivity contribution in [2.75, 3.05) is 0 Å². The Morgan fingerprint density at radius 1 is 0.741 bits per heavy atom. The lowest BCUT2D eigenvalue weighted by Gasteiger charge is -2.30. The number of carbonyl (C=O) groups excluding carboxylic acids is 5. The molecule has 0 aliphatic carbocycles. The van der Waals surface area contributed by atoms with E-state index in [1.807, 2.05) is 30.3 Å². The second-order valence-corrected chi connectivity index (χ2v) is 16.7. The highest BCUT2D eigenvalue weighted by molar-refractivity contribution is 6.22. The fourth-order valence-corrected chi connectivity index (χ4v) is 5.95. The van der Waals surface area contributed by atoms with Crippen LogP contribution in [0.25, 0.3) is 5.76 Å². The minimum atomic E-state index is -1.58. The Balaban J connectivity index is 1.88. The zero-order valence-electron chi connectivity index (χ0n) is 34.6. The van der Waals surface area contributed by atoms with Gasteiger partial charge in [-0.25, -0.2) is 19.2 Å². The van der Waals surface area contributed by atoms with Crippen LogP contribution in [-0.2, 0) is 36.8 Å². The molecule has 0 unspecified atom stereocenters. The average molecular weight is 801 g/mol. The number of benzene rings is 3. The molecule has 2 atom stereocenters. The quantitative estimate of drug-likeness (QED) is 0.0798. The Labute approximate surface area is 338 Å². The Kier molecular flexibility index (Phi) is 13.8. The van der Waals surface area contributed by atoms with Crippen molar-refractivity contribution in [1.82, 2.24) is 9.80 Å². The zero-order valence-corrected chi connectivity index (χ0v) is 34.6. The lowest BCUT2D eigenvalue weighted by atomic mass is 9.87. The van der Waals surface area contributed by atoms with E-state index in [0.29, 0.717) is 16.2 Å². The number of carboxylic acids is 1. The highest BCUT2D eigenvalue weighted by Gasteiger charge is 2.46. The summed E-state index contributed by atoms with van der Waals surface area (Å²) in [5.41, 5.74) is -1.52. The Morgan fingerprint density at radius 2 is 1.26 bits per heavy atom. The smallest absolute Gasteiger partial charge is 0.489 e. The third-order valence-corrected chi connectivity index (χ3v) is 8.40. The SMILES string of the molecule is CC[C@@H](Cc1cc(/C(=C/N(C(=O)OC(C)(C)C)C(=O)OC(C)(C)C)OC(=O)OC(C)(C)C)ccc1OCc1ccccc1)[C@@H](C(=O)O)N1C(=O)c2ccccc2C1=O. The second kappa shape index (κ2) is 18.0. The van der Waals surface area contributed by atoms with Crippen LogP contribution >= 0.6 is 0 Å². The topological polar surface area (TPSA) is 175 Å². The first-order chi connectivity index (χ1) is 27.0. The molecular formula is C44H52N2O12. The number of aliphatic carboxylic acids is 1. The molecule has 0 saturated carbocycles. The standard InChI is InChI=1S/C44H52N2O12/c1-11-28(35(38(49)50)46-36(47)31-19-15-16-20-32(31)37(46)48)23-30-24-29(21-22-33(30)54-26-27-17-13-12-14-18-27)34(55-41(53)58-44(8,9)10)25-45(39(51)56-42(2,3)4)40(52)57-43(5,6)7/h12-22,24-25,28,35H,11,23,26H2,1-10H3,(H,49,50)/b34-25-/t28-,35-/m0/s1. The van der Waals surface area contributed by atoms with Gasteiger partial charge in [0.05, 0.1) is 17.3 Å². The molecule has 310 valence electrons. The molecule has 4 amide bonds. The summed E-state index contributed by atoms with van der Waals surface area (Å²) in [6, 6.07) is 18.5. The van der Waals surface area contributed by atoms with E-state index in [9.17, 15) is 33.9 Å². The zero-order chi connectivity index (χ0) is 43.2. The number of amides is 4. The fraction of sp³-hybridized carbons (Fsp3) is 0.409. The van der Waals surface area contributed by atoms with E-state index >= 15 is 0 Å². The van der Waals surface area contributed by atoms with Crippen molar-refractivity contribution in [2.24, 2.45) is 5.92 Å². The Morgan fingerprint density at radius 3 is 1.74 bits per heavy atom. The number of carboxylic acid groups (broad SMARTS) is 1. The summed E-state index contributed by atoms with van der Waals surface area (Å²) in [6.07, 6.45) is -2.33. The number of imide groups is 2. The van der Waals surface area contributed by atoms with Crippen LogP contribution in [-0.4, -0.2) is 73.9 Å². The van der Waals surface area contributed by atoms with Gasteiger partial charge in [0.1, 0.15) is 35.2 Å². The summed E-state index contributed by atoms with van der Waals surface area (Å²) in [5.74, 6) is -3.71. The first-order valence-electron chi connectivity index (χ1n) is 18.9. The molecule has 1 N–H and O–H groups in total. The molecule has 0 saturated heterocycles. The van der Waals surface area contributed by atoms with Gasteiger partial charge in [0, 0.05) is 5.56 Å². The summed E-state index contributed by atoms with van der Waals surface area (Å²) in [5, 5.41) is 10.6. The maximum Gasteiger partial charge on any atom is 0.514 e. The number of fused-ring (bicyclic) bond motifs is 1. The van der Waals surface area contributed by atoms with Crippen molar-refractivity contribution in [2.45, 2.75) is 112 Å². The van der Waals surface area contributed by atoms with Crippen molar-refractivity contribution in [1.29, 1.82) is 0 Å². The Hall–Kier alpha value is -6.18. The van der Waals surface area contributed by atoms with Gasteiger partial charge in [-0.2, -0.15) is 4.90 Å². The monoisotopic (exact) mass is 800 g/mol. The van der Waals surface area contributed by atoms with Crippen LogP contribution in [0.3, 0.4) is 0 Å². The lowest BCUT2D eigenvalue weighted by Crippen LogP contribution is -2.49. The number of carbonyl (C=O) groups is 6. The van der Waals surface area contributed by atoms with Crippen molar-refractivity contribution < 1.29 is 57.6 Å². The molecule has 1 aliphatic rings. The molecule has 14 heteroatoms. The molecular weight excluding hydrogens is 748 g/mol. The molecule has 0 bridgehead atoms. The van der Waals surface area contributed by atoms with Gasteiger partial charge >= 0.3 is 24.3 Å². The van der Waals surface area contributed by atoms with E-state index in [1.54, 1.807) is 93.5 Å². The maximum absolute atomic E-state index is 13.6. The van der Waals surface area contributed by atoms with Crippen molar-refractivity contribution in [3.05, 3.63) is 107 Å². The third-order valence-electron chi connectivity index (χ3n) is 8.40. The number of rotatable bonds is 12. The normalized spacial score (nSPS) is 14.2. The minimum Gasteiger partial charge on any atom is -0.489 e. The van der Waals surface area contributed by atoms with E-state index in [2.05, 4.69) is 0 Å². The van der Waals surface area contributed by atoms with Gasteiger partial charge in [0.25, 0.3) is 11.8 Å². The molecule has 3 aromatic rings. The van der Waals surface area contributed by atoms with Crippen LogP contribution in [0, 0.1) is 5.92 Å². The molecule has 14 nitrogen and oxygen atoms in total. The summed E-state index contributed by atoms with van der Waals surface area (Å²) >= 11 is 0. The van der Waals surface area contributed by atoms with Gasteiger partial charge in [-0.05, 0) is 116 Å². The van der Waals surface area contributed by atoms with E-state index in [4.69, 9.17) is 23.7 Å². The third kappa shape index (κ3) is 11.9. The van der Waals surface area contributed by atoms with Crippen LogP contribution in [0.1, 0.15) is 113 Å². The first-order valence-corrected chi connectivity index (χ1v) is 18.9. The van der Waals surface area contributed by atoms with E-state index in [-0.39, 0.29) is 41.9 Å². The minimum absolute atomic E-state index is 0.0552. The largest absolute Gasteiger partial charge is 0.514 e. The molecule has 0 aromatic heterocycles. The molecule has 3 aromatic carbocycles. The van der Waals surface area contributed by atoms with Crippen LogP contribution in [0.5, 0.6) is 5.75 Å². The predicted octanol–water partition coefficient (Wildman–Crippen LogP) is 9.01. The molecule has 58 heavy (non-hydrogen) atoms. The van der Waals surface area contributed by atoms with Gasteiger partial charge < -0.3 is 28.8 Å². The summed E-state index contributed by atoms with van der Waals surface area (Å²) in [6.45, 7) is 16.4. The number of hydrogen-bond acceptors (Lipinski definition) is 11. The van der Waals surface area contributed by atoms with Gasteiger partial charge in [-0.3, -0.25) is 14.5 Å². The number of ether oxygens (including phenoxy) is 5. The summed E-state index contributed by atoms with van der Waals surface area (Å²) < 4.78 is 28.4. The summed E-state index contributed by atoms with van der Waals surface area (Å²) in [7, 11) is 0. The molecule has 4 rings (SSSR count). The number of hydrogen-bond donors (Lipinski definition) is 1. The molecule has 1 heterocycles. The van der Waals surface area contributed by atoms with Crippen LogP contribution in [0.2, 0.25) is 0 Å². The second-order valence-electron chi connectivity index (χ2n) is 16.7. The van der Waals surface area contributed by atoms with Crippen molar-refractivity contribution in [3.63, 3.8) is 0 Å². The van der Waals surface area contributed by atoms with E-state index in [1.165, 1.54) is 18.2 Å². The van der Waals surface area contributed by atoms with Crippen LogP contribution < -0.4 is 4.74 Å². The summed E-state index contributed by atoms with van der Waals surface area (Å²) in [4.78, 5) is 81.8. The predicted molar refractivity (Wildman–Crippen MR) is 213 cm³/mol. The van der Waals surface area contributed by atoms with E-state index < -0.39 is 64.9 Å². The van der Waals surface area contributed by atoms with Gasteiger partial charge in [0.2, 0.25) is 0 Å². The molecule has 0 radical (unpaired) electrons. The molecule has 0 fully saturated rings. The Bertz CT molecular complexity index is 1990. The van der Waals surface area contributed by atoms with Crippen molar-refractivity contribution >= 4 is 41.9 Å². The first kappa shape index (κ1) is 44.5. The highest BCUT2D eigenvalue weighted by Crippen LogP contribution is 2.34. The highest BCUT2D eigenvalue weighted by atomic mass is 16.7. The maximum atomic E-state index is 13.6. The van der Waals surface area contributed by atoms with Gasteiger partial charge in [-0.1, -0.05) is 55.8 Å². The van der Waals surface area contributed by atoms with E-state index in [0.717, 1.165) is 16.7 Å². The van der Waals surface area contributed by atoms with Crippen LogP contribution in [0.15, 0.2) is 79.0 Å². The lowest BCUT2D eigenvalue weighted by molar-refractivity contribution is -0.143. The molecule has 0 spiro atoms. The van der Waals surface area contributed by atoms with Crippen molar-refractivity contribution in [3.8, 4) is 5.75 Å². The van der Waals surface area contributed by atoms with Gasteiger partial charge in [-0.15, -0.1) is 0 Å².